The van der Waals surface area contributed by atoms with E-state index >= 15 is 0 Å². The number of amides is 2. The lowest BCUT2D eigenvalue weighted by Gasteiger charge is -2.41. The largest absolute Gasteiger partial charge is 0.383 e. The van der Waals surface area contributed by atoms with E-state index in [0.29, 0.717) is 18.7 Å². The fourth-order valence-corrected chi connectivity index (χ4v) is 4.86. The summed E-state index contributed by atoms with van der Waals surface area (Å²) in [5.41, 5.74) is 2.06. The van der Waals surface area contributed by atoms with Crippen LogP contribution in [0.3, 0.4) is 0 Å². The average Bonchev–Trinajstić information content (AvgIpc) is 3.32. The summed E-state index contributed by atoms with van der Waals surface area (Å²) < 4.78 is 18.4. The first kappa shape index (κ1) is 21.2. The van der Waals surface area contributed by atoms with E-state index < -0.39 is 12.0 Å². The van der Waals surface area contributed by atoms with Crippen LogP contribution in [0, 0.1) is 5.82 Å². The second kappa shape index (κ2) is 9.41. The molecule has 1 aliphatic heterocycles. The summed E-state index contributed by atoms with van der Waals surface area (Å²) in [6.07, 6.45) is 0. The van der Waals surface area contributed by atoms with Gasteiger partial charge in [0.15, 0.2) is 0 Å². The van der Waals surface area contributed by atoms with Gasteiger partial charge >= 0.3 is 0 Å². The Balaban J connectivity index is 1.70. The number of ether oxygens (including phenoxy) is 1. The van der Waals surface area contributed by atoms with Gasteiger partial charge in [-0.1, -0.05) is 36.4 Å². The van der Waals surface area contributed by atoms with E-state index in [0.717, 1.165) is 16.0 Å². The highest BCUT2D eigenvalue weighted by molar-refractivity contribution is 7.10. The van der Waals surface area contributed by atoms with Crippen molar-refractivity contribution >= 4 is 23.2 Å². The van der Waals surface area contributed by atoms with E-state index in [4.69, 9.17) is 4.74 Å². The van der Waals surface area contributed by atoms with Crippen molar-refractivity contribution in [3.63, 3.8) is 0 Å². The molecular formula is C24H23FN2O3S. The first-order valence-corrected chi connectivity index (χ1v) is 10.9. The van der Waals surface area contributed by atoms with Crippen LogP contribution >= 0.6 is 11.3 Å². The minimum atomic E-state index is -0.565. The van der Waals surface area contributed by atoms with E-state index in [2.05, 4.69) is 5.32 Å². The molecule has 0 fully saturated rings. The highest BCUT2D eigenvalue weighted by Crippen LogP contribution is 2.44. The number of fused-ring (bicyclic) bond motifs is 1. The van der Waals surface area contributed by atoms with Gasteiger partial charge in [-0.15, -0.1) is 11.3 Å². The third-order valence-electron chi connectivity index (χ3n) is 5.47. The highest BCUT2D eigenvalue weighted by atomic mass is 32.1. The van der Waals surface area contributed by atoms with Gasteiger partial charge < -0.3 is 15.0 Å². The average molecular weight is 439 g/mol. The summed E-state index contributed by atoms with van der Waals surface area (Å²) in [4.78, 5) is 29.5. The Bertz CT molecular complexity index is 1050. The normalized spacial score (nSPS) is 18.0. The molecule has 0 unspecified atom stereocenters. The van der Waals surface area contributed by atoms with Gasteiger partial charge in [0.1, 0.15) is 5.82 Å². The molecule has 5 nitrogen and oxygen atoms in total. The van der Waals surface area contributed by atoms with Gasteiger partial charge in [0.25, 0.3) is 5.91 Å². The van der Waals surface area contributed by atoms with Crippen LogP contribution in [0.15, 0.2) is 66.0 Å². The summed E-state index contributed by atoms with van der Waals surface area (Å²) in [5.74, 6) is -1.16. The summed E-state index contributed by atoms with van der Waals surface area (Å²) >= 11 is 1.52. The zero-order valence-corrected chi connectivity index (χ0v) is 17.9. The van der Waals surface area contributed by atoms with Crippen molar-refractivity contribution in [1.82, 2.24) is 10.2 Å². The summed E-state index contributed by atoms with van der Waals surface area (Å²) in [7, 11) is 1.59. The molecule has 0 saturated carbocycles. The Hall–Kier alpha value is -3.03. The number of thiophene rings is 1. The van der Waals surface area contributed by atoms with Crippen LogP contribution in [0.4, 0.5) is 4.39 Å². The quantitative estimate of drug-likeness (QED) is 0.604. The molecule has 0 spiro atoms. The third kappa shape index (κ3) is 4.38. The van der Waals surface area contributed by atoms with Crippen molar-refractivity contribution in [2.45, 2.75) is 18.5 Å². The third-order valence-corrected chi connectivity index (χ3v) is 6.42. The van der Waals surface area contributed by atoms with Crippen molar-refractivity contribution in [2.75, 3.05) is 20.3 Å². The van der Waals surface area contributed by atoms with Gasteiger partial charge in [-0.2, -0.15) is 0 Å². The molecule has 1 aromatic heterocycles. The smallest absolute Gasteiger partial charge is 0.254 e. The molecule has 4 rings (SSSR count). The molecule has 0 radical (unpaired) electrons. The van der Waals surface area contributed by atoms with E-state index in [9.17, 15) is 14.0 Å². The van der Waals surface area contributed by atoms with E-state index in [1.165, 1.54) is 23.5 Å². The van der Waals surface area contributed by atoms with Crippen LogP contribution in [-0.2, 0) is 16.1 Å². The first-order valence-electron chi connectivity index (χ1n) is 10.0. The van der Waals surface area contributed by atoms with Gasteiger partial charge in [0, 0.05) is 30.6 Å². The summed E-state index contributed by atoms with van der Waals surface area (Å²) in [5, 5.41) is 4.93. The van der Waals surface area contributed by atoms with Crippen LogP contribution in [0.2, 0.25) is 0 Å². The fraction of sp³-hybridized carbons (Fsp3) is 0.250. The lowest BCUT2D eigenvalue weighted by Crippen LogP contribution is -2.48. The van der Waals surface area contributed by atoms with Crippen LogP contribution in [0.25, 0.3) is 0 Å². The number of nitrogens with one attached hydrogen (secondary N) is 1. The maximum atomic E-state index is 13.5. The number of rotatable bonds is 7. The number of carbonyl (C=O) groups is 2. The van der Waals surface area contributed by atoms with Crippen molar-refractivity contribution < 1.29 is 18.7 Å². The van der Waals surface area contributed by atoms with Crippen molar-refractivity contribution in [2.24, 2.45) is 0 Å². The minimum absolute atomic E-state index is 0.103. The van der Waals surface area contributed by atoms with E-state index in [1.807, 2.05) is 35.7 Å². The van der Waals surface area contributed by atoms with E-state index in [1.54, 1.807) is 30.2 Å². The molecule has 1 N–H and O–H groups in total. The Labute approximate surface area is 184 Å². The topological polar surface area (TPSA) is 58.6 Å². The van der Waals surface area contributed by atoms with Gasteiger partial charge in [0.2, 0.25) is 5.91 Å². The van der Waals surface area contributed by atoms with Gasteiger partial charge in [0.05, 0.1) is 18.6 Å². The number of methoxy groups -OCH3 is 1. The Morgan fingerprint density at radius 3 is 2.61 bits per heavy atom. The van der Waals surface area contributed by atoms with Gasteiger partial charge in [-0.3, -0.25) is 9.59 Å². The van der Waals surface area contributed by atoms with Crippen LogP contribution in [0.5, 0.6) is 0 Å². The number of halogens is 1. The Kier molecular flexibility index (Phi) is 6.44. The highest BCUT2D eigenvalue weighted by Gasteiger charge is 2.44. The van der Waals surface area contributed by atoms with Crippen molar-refractivity contribution in [1.29, 1.82) is 0 Å². The number of benzene rings is 2. The maximum Gasteiger partial charge on any atom is 0.254 e. The second-order valence-corrected chi connectivity index (χ2v) is 8.34. The van der Waals surface area contributed by atoms with Gasteiger partial charge in [-0.05, 0) is 40.8 Å². The lowest BCUT2D eigenvalue weighted by atomic mass is 9.81. The Morgan fingerprint density at radius 2 is 1.90 bits per heavy atom. The number of carbonyl (C=O) groups excluding carboxylic acids is 2. The van der Waals surface area contributed by atoms with Crippen LogP contribution < -0.4 is 5.32 Å². The maximum absolute atomic E-state index is 13.5. The zero-order valence-electron chi connectivity index (χ0n) is 17.1. The SMILES string of the molecule is COCCN1C(=O)c2ccccc2[C@@H](C(=O)NCc2ccc(F)cc2)[C@H]1c1cccs1. The molecule has 0 aliphatic carbocycles. The molecule has 2 aromatic carbocycles. The molecule has 2 heterocycles. The number of hydrogen-bond donors (Lipinski definition) is 1. The molecule has 3 aromatic rings. The molecule has 2 amide bonds. The predicted molar refractivity (Wildman–Crippen MR) is 117 cm³/mol. The fourth-order valence-electron chi connectivity index (χ4n) is 3.99. The molecule has 0 saturated heterocycles. The summed E-state index contributed by atoms with van der Waals surface area (Å²) in [6, 6.07) is 16.8. The van der Waals surface area contributed by atoms with Crippen LogP contribution in [0.1, 0.15) is 38.3 Å². The standard InChI is InChI=1S/C24H23FN2O3S/c1-30-13-12-27-22(20-7-4-14-31-20)21(18-5-2-3-6-19(18)24(27)29)23(28)26-15-16-8-10-17(25)11-9-16/h2-11,14,21-22H,12-13,15H2,1H3,(H,26,28)/t21-,22-/m1/s1. The number of nitrogens with zero attached hydrogens (tertiary/aromatic N) is 1. The zero-order chi connectivity index (χ0) is 21.8. The van der Waals surface area contributed by atoms with Gasteiger partial charge in [-0.25, -0.2) is 4.39 Å². The monoisotopic (exact) mass is 438 g/mol. The lowest BCUT2D eigenvalue weighted by molar-refractivity contribution is -0.124. The summed E-state index contributed by atoms with van der Waals surface area (Å²) in [6.45, 7) is 1.04. The molecule has 1 aliphatic rings. The molecule has 0 bridgehead atoms. The Morgan fingerprint density at radius 1 is 1.13 bits per heavy atom. The predicted octanol–water partition coefficient (Wildman–Crippen LogP) is 4.13. The first-order chi connectivity index (χ1) is 15.1. The molecule has 31 heavy (non-hydrogen) atoms. The van der Waals surface area contributed by atoms with Crippen molar-refractivity contribution in [3.8, 4) is 0 Å². The number of hydrogen-bond acceptors (Lipinski definition) is 4. The van der Waals surface area contributed by atoms with Crippen molar-refractivity contribution in [3.05, 3.63) is 93.4 Å². The molecule has 160 valence electrons. The molecular weight excluding hydrogens is 415 g/mol. The second-order valence-electron chi connectivity index (χ2n) is 7.36. The van der Waals surface area contributed by atoms with E-state index in [-0.39, 0.29) is 24.2 Å². The molecule has 2 atom stereocenters. The molecule has 7 heteroatoms. The minimum Gasteiger partial charge on any atom is -0.383 e. The van der Waals surface area contributed by atoms with Crippen LogP contribution in [-0.4, -0.2) is 37.0 Å².